The molecule has 7 nitrogen and oxygen atoms in total. The van der Waals surface area contributed by atoms with Crippen LogP contribution in [0.4, 0.5) is 21.5 Å². The van der Waals surface area contributed by atoms with Gasteiger partial charge < -0.3 is 10.6 Å². The van der Waals surface area contributed by atoms with Gasteiger partial charge in [-0.3, -0.25) is 14.3 Å². The minimum absolute atomic E-state index is 0.0256. The Hall–Kier alpha value is -3.72. The van der Waals surface area contributed by atoms with Gasteiger partial charge in [-0.1, -0.05) is 24.3 Å². The number of halogens is 1. The highest BCUT2D eigenvalue weighted by molar-refractivity contribution is 7.92. The molecule has 170 valence electrons. The number of benzene rings is 3. The highest BCUT2D eigenvalue weighted by atomic mass is 32.2. The third-order valence-corrected chi connectivity index (χ3v) is 6.75. The smallest absolute Gasteiger partial charge is 0.261 e. The first-order valence-corrected chi connectivity index (χ1v) is 11.9. The van der Waals surface area contributed by atoms with Gasteiger partial charge in [0.1, 0.15) is 5.82 Å². The summed E-state index contributed by atoms with van der Waals surface area (Å²) in [4.78, 5) is 24.6. The first-order valence-electron chi connectivity index (χ1n) is 10.4. The number of hydrogen-bond donors (Lipinski definition) is 3. The molecule has 1 unspecified atom stereocenters. The van der Waals surface area contributed by atoms with Crippen LogP contribution < -0.4 is 15.4 Å². The standard InChI is InChI=1S/C24H22FN3O4S/c25-18-5-3-6-20(15-18)28-33(31,32)21-11-9-19(10-12-21)26-23(29)13-8-17-14-16-4-1-2-7-22(16)27-24(17)30/h1-7,9-12,15,17,28H,8,13-14H2,(H,26,29)(H,27,30). The van der Waals surface area contributed by atoms with E-state index in [1.165, 1.54) is 42.5 Å². The number of fused-ring (bicyclic) bond motifs is 1. The van der Waals surface area contributed by atoms with Crippen molar-refractivity contribution in [3.05, 3.63) is 84.2 Å². The lowest BCUT2D eigenvalue weighted by atomic mass is 9.89. The lowest BCUT2D eigenvalue weighted by molar-refractivity contribution is -0.121. The molecule has 2 amide bonds. The first-order chi connectivity index (χ1) is 15.8. The summed E-state index contributed by atoms with van der Waals surface area (Å²) in [5.74, 6) is -1.20. The van der Waals surface area contributed by atoms with Crippen LogP contribution in [0.1, 0.15) is 18.4 Å². The molecular weight excluding hydrogens is 445 g/mol. The van der Waals surface area contributed by atoms with Crippen molar-refractivity contribution in [2.45, 2.75) is 24.2 Å². The third kappa shape index (κ3) is 5.56. The van der Waals surface area contributed by atoms with Gasteiger partial charge in [0, 0.05) is 23.7 Å². The van der Waals surface area contributed by atoms with Crippen LogP contribution >= 0.6 is 0 Å². The number of nitrogens with one attached hydrogen (secondary N) is 3. The third-order valence-electron chi connectivity index (χ3n) is 5.36. The number of sulfonamides is 1. The van der Waals surface area contributed by atoms with Crippen molar-refractivity contribution in [1.82, 2.24) is 0 Å². The van der Waals surface area contributed by atoms with E-state index in [0.29, 0.717) is 18.5 Å². The summed E-state index contributed by atoms with van der Waals surface area (Å²) in [7, 11) is -3.90. The summed E-state index contributed by atoms with van der Waals surface area (Å²) >= 11 is 0. The fourth-order valence-corrected chi connectivity index (χ4v) is 4.71. The van der Waals surface area contributed by atoms with Gasteiger partial charge in [0.05, 0.1) is 10.6 Å². The molecule has 0 spiro atoms. The second kappa shape index (κ2) is 9.41. The summed E-state index contributed by atoms with van der Waals surface area (Å²) in [5.41, 5.74) is 2.40. The average molecular weight is 468 g/mol. The summed E-state index contributed by atoms with van der Waals surface area (Å²) in [6.45, 7) is 0. The molecule has 0 aliphatic carbocycles. The molecule has 1 aliphatic heterocycles. The van der Waals surface area contributed by atoms with Crippen LogP contribution in [0, 0.1) is 11.7 Å². The van der Waals surface area contributed by atoms with Crippen molar-refractivity contribution in [1.29, 1.82) is 0 Å². The molecule has 3 aromatic rings. The molecule has 33 heavy (non-hydrogen) atoms. The number of rotatable bonds is 7. The summed E-state index contributed by atoms with van der Waals surface area (Å²) in [6.07, 6.45) is 1.14. The molecular formula is C24H22FN3O4S. The molecule has 9 heteroatoms. The van der Waals surface area contributed by atoms with Crippen molar-refractivity contribution in [3.8, 4) is 0 Å². The lowest BCUT2D eigenvalue weighted by Gasteiger charge is -2.24. The zero-order valence-corrected chi connectivity index (χ0v) is 18.4. The molecule has 0 bridgehead atoms. The van der Waals surface area contributed by atoms with E-state index in [4.69, 9.17) is 0 Å². The molecule has 4 rings (SSSR count). The van der Waals surface area contributed by atoms with E-state index in [2.05, 4.69) is 15.4 Å². The second-order valence-corrected chi connectivity index (χ2v) is 9.46. The minimum Gasteiger partial charge on any atom is -0.326 e. The van der Waals surface area contributed by atoms with Gasteiger partial charge in [-0.15, -0.1) is 0 Å². The van der Waals surface area contributed by atoms with E-state index in [-0.39, 0.29) is 34.7 Å². The van der Waals surface area contributed by atoms with Gasteiger partial charge in [0.25, 0.3) is 10.0 Å². The highest BCUT2D eigenvalue weighted by Crippen LogP contribution is 2.27. The van der Waals surface area contributed by atoms with E-state index >= 15 is 0 Å². The Morgan fingerprint density at radius 3 is 2.52 bits per heavy atom. The SMILES string of the molecule is O=C(CCC1Cc2ccccc2NC1=O)Nc1ccc(S(=O)(=O)Nc2cccc(F)c2)cc1. The van der Waals surface area contributed by atoms with E-state index < -0.39 is 15.8 Å². The molecule has 1 aliphatic rings. The fourth-order valence-electron chi connectivity index (χ4n) is 3.66. The minimum atomic E-state index is -3.90. The Labute approximate surface area is 191 Å². The maximum Gasteiger partial charge on any atom is 0.261 e. The normalized spacial score (nSPS) is 15.3. The van der Waals surface area contributed by atoms with Crippen molar-refractivity contribution in [3.63, 3.8) is 0 Å². The predicted molar refractivity (Wildman–Crippen MR) is 124 cm³/mol. The molecule has 0 aromatic heterocycles. The van der Waals surface area contributed by atoms with Gasteiger partial charge in [-0.25, -0.2) is 12.8 Å². The number of amides is 2. The van der Waals surface area contributed by atoms with Crippen molar-refractivity contribution >= 4 is 38.9 Å². The molecule has 0 saturated heterocycles. The van der Waals surface area contributed by atoms with Gasteiger partial charge in [0.15, 0.2) is 0 Å². The topological polar surface area (TPSA) is 104 Å². The number of carbonyl (C=O) groups excluding carboxylic acids is 2. The summed E-state index contributed by atoms with van der Waals surface area (Å²) < 4.78 is 40.6. The van der Waals surface area contributed by atoms with Gasteiger partial charge in [0.2, 0.25) is 11.8 Å². The number of hydrogen-bond acceptors (Lipinski definition) is 4. The molecule has 3 N–H and O–H groups in total. The molecule has 0 saturated carbocycles. The zero-order chi connectivity index (χ0) is 23.4. The van der Waals surface area contributed by atoms with E-state index in [9.17, 15) is 22.4 Å². The van der Waals surface area contributed by atoms with Crippen LogP contribution in [0.15, 0.2) is 77.7 Å². The van der Waals surface area contributed by atoms with Crippen molar-refractivity contribution in [2.24, 2.45) is 5.92 Å². The van der Waals surface area contributed by atoms with Crippen LogP contribution in [0.25, 0.3) is 0 Å². The van der Waals surface area contributed by atoms with Crippen LogP contribution in [-0.2, 0) is 26.0 Å². The summed E-state index contributed by atoms with van der Waals surface area (Å²) in [6, 6.07) is 18.4. The molecule has 1 heterocycles. The van der Waals surface area contributed by atoms with Gasteiger partial charge in [-0.2, -0.15) is 0 Å². The maximum atomic E-state index is 13.3. The van der Waals surface area contributed by atoms with E-state index in [1.54, 1.807) is 0 Å². The summed E-state index contributed by atoms with van der Waals surface area (Å²) in [5, 5.41) is 5.59. The quantitative estimate of drug-likeness (QED) is 0.485. The molecule has 1 atom stereocenters. The first kappa shape index (κ1) is 22.5. The fraction of sp³-hybridized carbons (Fsp3) is 0.167. The Balaban J connectivity index is 1.32. The Bertz CT molecular complexity index is 1290. The van der Waals surface area contributed by atoms with Crippen LogP contribution in [0.3, 0.4) is 0 Å². The number of anilines is 3. The average Bonchev–Trinajstić information content (AvgIpc) is 2.78. The lowest BCUT2D eigenvalue weighted by Crippen LogP contribution is -2.30. The molecule has 0 radical (unpaired) electrons. The van der Waals surface area contributed by atoms with Crippen LogP contribution in [0.5, 0.6) is 0 Å². The number of para-hydroxylation sites is 1. The van der Waals surface area contributed by atoms with Gasteiger partial charge >= 0.3 is 0 Å². The largest absolute Gasteiger partial charge is 0.326 e. The zero-order valence-electron chi connectivity index (χ0n) is 17.5. The Morgan fingerprint density at radius 1 is 1.00 bits per heavy atom. The molecule has 0 fully saturated rings. The highest BCUT2D eigenvalue weighted by Gasteiger charge is 2.26. The Morgan fingerprint density at radius 2 is 1.76 bits per heavy atom. The Kier molecular flexibility index (Phi) is 6.41. The number of carbonyl (C=O) groups is 2. The van der Waals surface area contributed by atoms with Crippen LogP contribution in [-0.4, -0.2) is 20.2 Å². The second-order valence-electron chi connectivity index (χ2n) is 7.77. The van der Waals surface area contributed by atoms with Gasteiger partial charge in [-0.05, 0) is 66.9 Å². The predicted octanol–water partition coefficient (Wildman–Crippen LogP) is 4.16. The van der Waals surface area contributed by atoms with Crippen molar-refractivity contribution < 1.29 is 22.4 Å². The maximum absolute atomic E-state index is 13.3. The van der Waals surface area contributed by atoms with E-state index in [1.807, 2.05) is 24.3 Å². The molecule has 3 aromatic carbocycles. The van der Waals surface area contributed by atoms with Crippen molar-refractivity contribution in [2.75, 3.05) is 15.4 Å². The van der Waals surface area contributed by atoms with Crippen LogP contribution in [0.2, 0.25) is 0 Å². The monoisotopic (exact) mass is 467 g/mol. The van der Waals surface area contributed by atoms with E-state index in [0.717, 1.165) is 17.3 Å².